The Bertz CT molecular complexity index is 1230. The summed E-state index contributed by atoms with van der Waals surface area (Å²) in [5, 5.41) is 3.21. The Balaban J connectivity index is 1.17. The Morgan fingerprint density at radius 2 is 1.78 bits per heavy atom. The van der Waals surface area contributed by atoms with Crippen molar-refractivity contribution in [3.8, 4) is 0 Å². The Morgan fingerprint density at radius 1 is 1.00 bits per heavy atom. The zero-order chi connectivity index (χ0) is 24.5. The average molecular weight is 504 g/mol. The summed E-state index contributed by atoms with van der Waals surface area (Å²) in [5.74, 6) is 0.488. The molecule has 5 nitrogen and oxygen atoms in total. The zero-order valence-corrected chi connectivity index (χ0v) is 21.6. The molecule has 0 spiro atoms. The Labute approximate surface area is 217 Å². The number of ketones is 1. The molecule has 2 atom stereocenters. The van der Waals surface area contributed by atoms with Crippen LogP contribution in [0.25, 0.3) is 10.1 Å². The lowest BCUT2D eigenvalue weighted by Gasteiger charge is -2.51. The number of carbonyl (C=O) groups is 2. The smallest absolute Gasteiger partial charge is 0.328 e. The van der Waals surface area contributed by atoms with Crippen LogP contribution >= 0.6 is 11.3 Å². The van der Waals surface area contributed by atoms with E-state index in [4.69, 9.17) is 4.74 Å². The number of fused-ring (bicyclic) bond motifs is 4. The highest BCUT2D eigenvalue weighted by Gasteiger charge is 2.49. The van der Waals surface area contributed by atoms with Crippen molar-refractivity contribution in [1.82, 2.24) is 4.90 Å². The predicted molar refractivity (Wildman–Crippen MR) is 143 cm³/mol. The van der Waals surface area contributed by atoms with E-state index in [-0.39, 0.29) is 23.9 Å². The van der Waals surface area contributed by atoms with Gasteiger partial charge in [-0.3, -0.25) is 9.69 Å². The van der Waals surface area contributed by atoms with E-state index in [1.54, 1.807) is 11.3 Å². The van der Waals surface area contributed by atoms with Gasteiger partial charge in [-0.2, -0.15) is 0 Å². The molecule has 0 amide bonds. The first-order valence-corrected chi connectivity index (χ1v) is 14.3. The maximum absolute atomic E-state index is 13.7. The van der Waals surface area contributed by atoms with E-state index in [0.29, 0.717) is 12.5 Å². The molecule has 188 valence electrons. The number of thiophene rings is 1. The SMILES string of the molecule is O=C(C[N+]12CCC(CC1)[C@@H](OC(=O)C(c1ccccc1)N1CCCCC1)C2)c1ccc2sccc2c1. The first kappa shape index (κ1) is 23.8. The van der Waals surface area contributed by atoms with Crippen LogP contribution < -0.4 is 0 Å². The first-order chi connectivity index (χ1) is 17.6. The summed E-state index contributed by atoms with van der Waals surface area (Å²) in [6.07, 6.45) is 5.42. The lowest BCUT2D eigenvalue weighted by Crippen LogP contribution is -2.66. The number of rotatable bonds is 7. The number of Topliss-reactive ketones (excluding diaryl/α,β-unsaturated/α-hetero) is 1. The van der Waals surface area contributed by atoms with Gasteiger partial charge < -0.3 is 9.22 Å². The number of ether oxygens (including phenoxy) is 1. The van der Waals surface area contributed by atoms with Gasteiger partial charge >= 0.3 is 5.97 Å². The third-order valence-corrected chi connectivity index (χ3v) is 9.55. The predicted octanol–water partition coefficient (Wildman–Crippen LogP) is 5.46. The van der Waals surface area contributed by atoms with Crippen molar-refractivity contribution in [2.75, 3.05) is 39.3 Å². The van der Waals surface area contributed by atoms with Crippen LogP contribution in [0.2, 0.25) is 0 Å². The largest absolute Gasteiger partial charge is 0.455 e. The van der Waals surface area contributed by atoms with Gasteiger partial charge in [-0.25, -0.2) is 4.79 Å². The molecule has 6 heteroatoms. The standard InChI is InChI=1S/C30H35N2O3S/c33-26(24-9-10-28-25(19-24)13-18-36-28)20-32-16-11-22(12-17-32)27(21-32)35-30(34)29(23-7-3-1-4-8-23)31-14-5-2-6-15-31/h1,3-4,7-10,13,18-19,22,27,29H,2,5-6,11-12,14-17,20-21H2/q+1/t22?,27-,29?,32?/m0/s1. The minimum Gasteiger partial charge on any atom is -0.455 e. The molecule has 0 saturated carbocycles. The number of likely N-dealkylation sites (tertiary alicyclic amines) is 1. The summed E-state index contributed by atoms with van der Waals surface area (Å²) >= 11 is 1.70. The van der Waals surface area contributed by atoms with Gasteiger partial charge in [0.05, 0.1) is 13.1 Å². The molecule has 5 heterocycles. The molecule has 3 aromatic rings. The molecule has 4 aliphatic heterocycles. The summed E-state index contributed by atoms with van der Waals surface area (Å²) < 4.78 is 8.31. The molecule has 0 N–H and O–H groups in total. The normalized spacial score (nSPS) is 27.1. The monoisotopic (exact) mass is 503 g/mol. The minimum absolute atomic E-state index is 0.108. The first-order valence-electron chi connectivity index (χ1n) is 13.5. The van der Waals surface area contributed by atoms with E-state index in [1.807, 2.05) is 42.5 Å². The molecule has 2 bridgehead atoms. The summed E-state index contributed by atoms with van der Waals surface area (Å²) in [6.45, 7) is 5.12. The molecular formula is C30H35N2O3S+. The minimum atomic E-state index is -0.339. The fourth-order valence-corrected chi connectivity index (χ4v) is 7.41. The lowest BCUT2D eigenvalue weighted by atomic mass is 9.82. The van der Waals surface area contributed by atoms with E-state index in [0.717, 1.165) is 79.4 Å². The van der Waals surface area contributed by atoms with Crippen LogP contribution in [0.15, 0.2) is 60.0 Å². The number of quaternary nitrogens is 1. The van der Waals surface area contributed by atoms with Crippen LogP contribution in [0.4, 0.5) is 0 Å². The molecule has 36 heavy (non-hydrogen) atoms. The Kier molecular flexibility index (Phi) is 6.67. The summed E-state index contributed by atoms with van der Waals surface area (Å²) in [5.41, 5.74) is 1.82. The van der Waals surface area contributed by atoms with Crippen LogP contribution in [0.1, 0.15) is 54.1 Å². The summed E-state index contributed by atoms with van der Waals surface area (Å²) in [4.78, 5) is 29.4. The summed E-state index contributed by atoms with van der Waals surface area (Å²) in [6, 6.07) is 17.9. The van der Waals surface area contributed by atoms with Crippen molar-refractivity contribution in [1.29, 1.82) is 0 Å². The number of carbonyl (C=O) groups excluding carboxylic acids is 2. The van der Waals surface area contributed by atoms with Crippen molar-refractivity contribution in [3.05, 3.63) is 71.1 Å². The second-order valence-corrected chi connectivity index (χ2v) is 11.9. The number of nitrogens with zero attached hydrogens (tertiary/aromatic N) is 2. The molecule has 1 unspecified atom stereocenters. The molecule has 7 rings (SSSR count). The molecular weight excluding hydrogens is 468 g/mol. The van der Waals surface area contributed by atoms with Gasteiger partial charge in [0.25, 0.3) is 0 Å². The van der Waals surface area contributed by atoms with Gasteiger partial charge in [0.15, 0.2) is 6.10 Å². The zero-order valence-electron chi connectivity index (χ0n) is 20.8. The van der Waals surface area contributed by atoms with Crippen molar-refractivity contribution in [2.24, 2.45) is 5.92 Å². The molecule has 0 radical (unpaired) electrons. The maximum Gasteiger partial charge on any atom is 0.328 e. The number of hydrogen-bond acceptors (Lipinski definition) is 5. The highest BCUT2D eigenvalue weighted by atomic mass is 32.1. The van der Waals surface area contributed by atoms with Gasteiger partial charge in [0.1, 0.15) is 19.1 Å². The molecule has 2 aromatic carbocycles. The quantitative estimate of drug-likeness (QED) is 0.244. The van der Waals surface area contributed by atoms with Crippen LogP contribution in [0, 0.1) is 5.92 Å². The van der Waals surface area contributed by atoms with E-state index < -0.39 is 0 Å². The number of benzene rings is 2. The average Bonchev–Trinajstić information content (AvgIpc) is 3.39. The summed E-state index contributed by atoms with van der Waals surface area (Å²) in [7, 11) is 0. The van der Waals surface area contributed by atoms with Crippen molar-refractivity contribution in [3.63, 3.8) is 0 Å². The van der Waals surface area contributed by atoms with E-state index >= 15 is 0 Å². The van der Waals surface area contributed by atoms with Crippen molar-refractivity contribution in [2.45, 2.75) is 44.2 Å². The third kappa shape index (κ3) is 4.74. The fraction of sp³-hybridized carbons (Fsp3) is 0.467. The van der Waals surface area contributed by atoms with Gasteiger partial charge in [0.2, 0.25) is 5.78 Å². The highest BCUT2D eigenvalue weighted by Crippen LogP contribution is 2.37. The lowest BCUT2D eigenvalue weighted by molar-refractivity contribution is -0.938. The van der Waals surface area contributed by atoms with Gasteiger partial charge in [-0.05, 0) is 66.5 Å². The van der Waals surface area contributed by atoms with Crippen molar-refractivity contribution >= 4 is 33.2 Å². The van der Waals surface area contributed by atoms with Crippen LogP contribution in [-0.2, 0) is 9.53 Å². The molecule has 0 aliphatic carbocycles. The second kappa shape index (κ2) is 10.1. The van der Waals surface area contributed by atoms with Gasteiger partial charge in [-0.15, -0.1) is 11.3 Å². The fourth-order valence-electron chi connectivity index (χ4n) is 6.63. The Morgan fingerprint density at radius 3 is 2.56 bits per heavy atom. The molecule has 1 aromatic heterocycles. The molecule has 4 saturated heterocycles. The Hall–Kier alpha value is -2.54. The highest BCUT2D eigenvalue weighted by molar-refractivity contribution is 7.17. The molecule has 4 aliphatic rings. The van der Waals surface area contributed by atoms with Crippen molar-refractivity contribution < 1.29 is 18.8 Å². The topological polar surface area (TPSA) is 46.6 Å². The molecule has 4 fully saturated rings. The van der Waals surface area contributed by atoms with E-state index in [2.05, 4.69) is 22.4 Å². The van der Waals surface area contributed by atoms with Crippen LogP contribution in [0.5, 0.6) is 0 Å². The number of piperidine rings is 4. The third-order valence-electron chi connectivity index (χ3n) is 8.66. The number of hydrogen-bond donors (Lipinski definition) is 0. The second-order valence-electron chi connectivity index (χ2n) is 10.9. The van der Waals surface area contributed by atoms with Crippen LogP contribution in [-0.4, -0.2) is 66.5 Å². The van der Waals surface area contributed by atoms with E-state index in [1.165, 1.54) is 11.1 Å². The van der Waals surface area contributed by atoms with E-state index in [9.17, 15) is 9.59 Å². The van der Waals surface area contributed by atoms with Crippen LogP contribution in [0.3, 0.4) is 0 Å². The maximum atomic E-state index is 13.7. The van der Waals surface area contributed by atoms with Gasteiger partial charge in [-0.1, -0.05) is 36.8 Å². The van der Waals surface area contributed by atoms with Gasteiger partial charge in [0, 0.05) is 29.0 Å². The number of esters is 1.